The van der Waals surface area contributed by atoms with E-state index >= 15 is 0 Å². The molecule has 144 valence electrons. The Bertz CT molecular complexity index is 910. The number of nitrogen functional groups attached to an aromatic ring is 1. The Hall–Kier alpha value is -2.65. The third kappa shape index (κ3) is 4.20. The predicted molar refractivity (Wildman–Crippen MR) is 102 cm³/mol. The van der Waals surface area contributed by atoms with Crippen LogP contribution in [0.25, 0.3) is 0 Å². The number of benzene rings is 1. The van der Waals surface area contributed by atoms with Crippen LogP contribution in [0.1, 0.15) is 12.8 Å². The van der Waals surface area contributed by atoms with Crippen molar-refractivity contribution < 1.29 is 17.9 Å². The zero-order valence-corrected chi connectivity index (χ0v) is 15.8. The molecule has 0 saturated carbocycles. The second-order valence-corrected chi connectivity index (χ2v) is 8.25. The first-order chi connectivity index (χ1) is 12.9. The van der Waals surface area contributed by atoms with Crippen molar-refractivity contribution >= 4 is 27.3 Å². The molecule has 0 spiro atoms. The fourth-order valence-electron chi connectivity index (χ4n) is 3.01. The van der Waals surface area contributed by atoms with Crippen LogP contribution < -0.4 is 15.8 Å². The molecule has 3 N–H and O–H groups in total. The number of nitrogens with one attached hydrogen (secondary N) is 1. The van der Waals surface area contributed by atoms with Gasteiger partial charge >= 0.3 is 0 Å². The minimum atomic E-state index is -3.58. The number of carbonyl (C=O) groups is 1. The maximum absolute atomic E-state index is 12.6. The van der Waals surface area contributed by atoms with Crippen LogP contribution in [-0.2, 0) is 14.8 Å². The zero-order valence-electron chi connectivity index (χ0n) is 15.0. The molecule has 0 atom stereocenters. The number of anilines is 2. The largest absolute Gasteiger partial charge is 0.497 e. The lowest BCUT2D eigenvalue weighted by molar-refractivity contribution is -0.120. The van der Waals surface area contributed by atoms with Gasteiger partial charge in [0, 0.05) is 37.5 Å². The average molecular weight is 390 g/mol. The molecule has 1 aliphatic heterocycles. The molecule has 2 heterocycles. The highest BCUT2D eigenvalue weighted by Gasteiger charge is 2.32. The third-order valence-corrected chi connectivity index (χ3v) is 6.50. The Morgan fingerprint density at radius 1 is 1.30 bits per heavy atom. The van der Waals surface area contributed by atoms with Crippen LogP contribution in [0, 0.1) is 5.92 Å². The van der Waals surface area contributed by atoms with Crippen molar-refractivity contribution in [1.29, 1.82) is 0 Å². The van der Waals surface area contributed by atoms with Gasteiger partial charge in [-0.2, -0.15) is 4.31 Å². The van der Waals surface area contributed by atoms with E-state index in [1.54, 1.807) is 24.3 Å². The van der Waals surface area contributed by atoms with Gasteiger partial charge in [0.25, 0.3) is 0 Å². The molecule has 0 unspecified atom stereocenters. The highest BCUT2D eigenvalue weighted by molar-refractivity contribution is 7.89. The summed E-state index contributed by atoms with van der Waals surface area (Å²) in [5.41, 5.74) is 6.84. The van der Waals surface area contributed by atoms with E-state index < -0.39 is 10.0 Å². The van der Waals surface area contributed by atoms with Gasteiger partial charge in [-0.1, -0.05) is 0 Å². The van der Waals surface area contributed by atoms with Crippen LogP contribution in [-0.4, -0.2) is 43.8 Å². The van der Waals surface area contributed by atoms with Crippen molar-refractivity contribution in [3.8, 4) is 5.75 Å². The van der Waals surface area contributed by atoms with Gasteiger partial charge in [0.2, 0.25) is 15.9 Å². The van der Waals surface area contributed by atoms with E-state index in [9.17, 15) is 13.2 Å². The van der Waals surface area contributed by atoms with Gasteiger partial charge in [0.1, 0.15) is 10.6 Å². The molecule has 1 amide bonds. The SMILES string of the molecule is COc1ccc(N)c(NC(=O)C2CCN(S(=O)(=O)c3cccnc3)CC2)c1. The van der Waals surface area contributed by atoms with Gasteiger partial charge in [-0.15, -0.1) is 0 Å². The number of piperidine rings is 1. The molecule has 1 fully saturated rings. The number of sulfonamides is 1. The zero-order chi connectivity index (χ0) is 19.4. The van der Waals surface area contributed by atoms with Gasteiger partial charge < -0.3 is 15.8 Å². The molecule has 1 aliphatic rings. The van der Waals surface area contributed by atoms with Crippen molar-refractivity contribution in [1.82, 2.24) is 9.29 Å². The number of rotatable bonds is 5. The van der Waals surface area contributed by atoms with E-state index in [1.807, 2.05) is 0 Å². The summed E-state index contributed by atoms with van der Waals surface area (Å²) in [4.78, 5) is 16.6. The van der Waals surface area contributed by atoms with Crippen LogP contribution >= 0.6 is 0 Å². The van der Waals surface area contributed by atoms with Gasteiger partial charge in [-0.25, -0.2) is 8.42 Å². The number of ether oxygens (including phenoxy) is 1. The highest BCUT2D eigenvalue weighted by atomic mass is 32.2. The predicted octanol–water partition coefficient (Wildman–Crippen LogP) is 1.71. The molecular weight excluding hydrogens is 368 g/mol. The van der Waals surface area contributed by atoms with Crippen molar-refractivity contribution in [3.05, 3.63) is 42.7 Å². The number of carbonyl (C=O) groups excluding carboxylic acids is 1. The number of nitrogens with two attached hydrogens (primary N) is 1. The summed E-state index contributed by atoms with van der Waals surface area (Å²) in [6.07, 6.45) is 3.74. The Kier molecular flexibility index (Phi) is 5.62. The Morgan fingerprint density at radius 2 is 2.04 bits per heavy atom. The van der Waals surface area contributed by atoms with Crippen LogP contribution in [0.5, 0.6) is 5.75 Å². The number of methoxy groups -OCH3 is 1. The molecular formula is C18H22N4O4S. The second-order valence-electron chi connectivity index (χ2n) is 6.31. The first-order valence-electron chi connectivity index (χ1n) is 8.56. The van der Waals surface area contributed by atoms with Gasteiger partial charge in [0.05, 0.1) is 18.5 Å². The maximum atomic E-state index is 12.6. The summed E-state index contributed by atoms with van der Waals surface area (Å²) in [7, 11) is -2.05. The van der Waals surface area contributed by atoms with Crippen molar-refractivity contribution in [2.24, 2.45) is 5.92 Å². The van der Waals surface area contributed by atoms with Crippen LogP contribution in [0.2, 0.25) is 0 Å². The Morgan fingerprint density at radius 3 is 2.67 bits per heavy atom. The molecule has 0 bridgehead atoms. The number of amides is 1. The molecule has 27 heavy (non-hydrogen) atoms. The first kappa shape index (κ1) is 19.1. The molecule has 8 nitrogen and oxygen atoms in total. The smallest absolute Gasteiger partial charge is 0.244 e. The van der Waals surface area contributed by atoms with Crippen molar-refractivity contribution in [2.75, 3.05) is 31.2 Å². The Labute approximate surface area is 158 Å². The van der Waals surface area contributed by atoms with E-state index in [-0.39, 0.29) is 29.8 Å². The van der Waals surface area contributed by atoms with E-state index in [2.05, 4.69) is 10.3 Å². The molecule has 2 aromatic rings. The molecule has 1 aromatic heterocycles. The van der Waals surface area contributed by atoms with Gasteiger partial charge in [-0.3, -0.25) is 9.78 Å². The molecule has 9 heteroatoms. The summed E-state index contributed by atoms with van der Waals surface area (Å²) < 4.78 is 31.8. The standard InChI is InChI=1S/C18H22N4O4S/c1-26-14-4-5-16(19)17(11-14)21-18(23)13-6-9-22(10-7-13)27(24,25)15-3-2-8-20-12-15/h2-5,8,11-13H,6-7,9-10,19H2,1H3,(H,21,23). The molecule has 0 radical (unpaired) electrons. The molecule has 1 aromatic carbocycles. The summed E-state index contributed by atoms with van der Waals surface area (Å²) >= 11 is 0. The molecule has 3 rings (SSSR count). The summed E-state index contributed by atoms with van der Waals surface area (Å²) in [6.45, 7) is 0.561. The van der Waals surface area contributed by atoms with E-state index in [1.165, 1.54) is 29.9 Å². The lowest BCUT2D eigenvalue weighted by Crippen LogP contribution is -2.41. The van der Waals surface area contributed by atoms with Crippen molar-refractivity contribution in [2.45, 2.75) is 17.7 Å². The summed E-state index contributed by atoms with van der Waals surface area (Å²) in [5.74, 6) is 0.140. The van der Waals surface area contributed by atoms with Crippen LogP contribution in [0.4, 0.5) is 11.4 Å². The second kappa shape index (κ2) is 7.93. The number of pyridine rings is 1. The van der Waals surface area contributed by atoms with E-state index in [4.69, 9.17) is 10.5 Å². The monoisotopic (exact) mass is 390 g/mol. The average Bonchev–Trinajstić information content (AvgIpc) is 2.70. The summed E-state index contributed by atoms with van der Waals surface area (Å²) in [5, 5.41) is 2.82. The van der Waals surface area contributed by atoms with E-state index in [0.29, 0.717) is 30.0 Å². The van der Waals surface area contributed by atoms with E-state index in [0.717, 1.165) is 0 Å². The number of hydrogen-bond acceptors (Lipinski definition) is 6. The number of nitrogens with zero attached hydrogens (tertiary/aromatic N) is 2. The molecule has 1 saturated heterocycles. The fourth-order valence-corrected chi connectivity index (χ4v) is 4.45. The Balaban J connectivity index is 1.63. The van der Waals surface area contributed by atoms with Gasteiger partial charge in [-0.05, 0) is 37.1 Å². The first-order valence-corrected chi connectivity index (χ1v) is 10.0. The third-order valence-electron chi connectivity index (χ3n) is 4.62. The minimum Gasteiger partial charge on any atom is -0.497 e. The lowest BCUT2D eigenvalue weighted by Gasteiger charge is -2.30. The fraction of sp³-hybridized carbons (Fsp3) is 0.333. The summed E-state index contributed by atoms with van der Waals surface area (Å²) in [6, 6.07) is 8.15. The quantitative estimate of drug-likeness (QED) is 0.751. The number of hydrogen-bond donors (Lipinski definition) is 2. The molecule has 0 aliphatic carbocycles. The van der Waals surface area contributed by atoms with Crippen molar-refractivity contribution in [3.63, 3.8) is 0 Å². The lowest BCUT2D eigenvalue weighted by atomic mass is 9.97. The minimum absolute atomic E-state index is 0.164. The van der Waals surface area contributed by atoms with Crippen LogP contribution in [0.15, 0.2) is 47.6 Å². The van der Waals surface area contributed by atoms with Crippen LogP contribution in [0.3, 0.4) is 0 Å². The maximum Gasteiger partial charge on any atom is 0.244 e. The highest BCUT2D eigenvalue weighted by Crippen LogP contribution is 2.28. The topological polar surface area (TPSA) is 115 Å². The van der Waals surface area contributed by atoms with Gasteiger partial charge in [0.15, 0.2) is 0 Å². The normalized spacial score (nSPS) is 16.0. The number of aromatic nitrogens is 1.